The molecule has 0 unspecified atom stereocenters. The topological polar surface area (TPSA) is 38.8 Å². The van der Waals surface area contributed by atoms with Crippen LogP contribution in [0.4, 0.5) is 0 Å². The number of ether oxygens (including phenoxy) is 2. The van der Waals surface area contributed by atoms with Crippen molar-refractivity contribution in [1.29, 1.82) is 0 Å². The van der Waals surface area contributed by atoms with Crippen LogP contribution in [0.15, 0.2) is 30.3 Å². The van der Waals surface area contributed by atoms with E-state index >= 15 is 0 Å². The van der Waals surface area contributed by atoms with Crippen molar-refractivity contribution in [1.82, 2.24) is 4.90 Å². The molecule has 142 valence electrons. The summed E-state index contributed by atoms with van der Waals surface area (Å²) in [5, 5.41) is 0. The zero-order valence-corrected chi connectivity index (χ0v) is 16.0. The van der Waals surface area contributed by atoms with E-state index in [9.17, 15) is 4.79 Å². The first kappa shape index (κ1) is 21.7. The van der Waals surface area contributed by atoms with Gasteiger partial charge < -0.3 is 14.4 Å². The molecule has 0 radical (unpaired) electrons. The van der Waals surface area contributed by atoms with Crippen LogP contribution in [0.1, 0.15) is 51.5 Å². The number of nitrogens with zero attached hydrogens (tertiary/aromatic N) is 1. The summed E-state index contributed by atoms with van der Waals surface area (Å²) in [6.07, 6.45) is 5.98. The molecule has 0 saturated heterocycles. The van der Waals surface area contributed by atoms with Crippen LogP contribution in [0.2, 0.25) is 0 Å². The van der Waals surface area contributed by atoms with Gasteiger partial charge in [-0.3, -0.25) is 4.79 Å². The number of hydrogen-bond donors (Lipinski definition) is 0. The molecule has 1 aromatic rings. The van der Waals surface area contributed by atoms with Gasteiger partial charge >= 0.3 is 5.97 Å². The zero-order chi connectivity index (χ0) is 18.2. The minimum atomic E-state index is -0.101. The van der Waals surface area contributed by atoms with Crippen molar-refractivity contribution in [3.63, 3.8) is 0 Å². The Morgan fingerprint density at radius 2 is 1.64 bits per heavy atom. The summed E-state index contributed by atoms with van der Waals surface area (Å²) in [6, 6.07) is 10.5. The van der Waals surface area contributed by atoms with Crippen LogP contribution < -0.4 is 0 Å². The molecule has 0 aromatic heterocycles. The second-order valence-corrected chi connectivity index (χ2v) is 6.26. The first-order chi connectivity index (χ1) is 12.3. The van der Waals surface area contributed by atoms with Crippen molar-refractivity contribution in [2.45, 2.75) is 52.4 Å². The summed E-state index contributed by atoms with van der Waals surface area (Å²) in [7, 11) is 0. The number of rotatable bonds is 15. The van der Waals surface area contributed by atoms with E-state index in [1.807, 2.05) is 6.07 Å². The Bertz CT molecular complexity index is 432. The smallest absolute Gasteiger partial charge is 0.305 e. The molecule has 0 aliphatic heterocycles. The van der Waals surface area contributed by atoms with Gasteiger partial charge in [-0.2, -0.15) is 0 Å². The lowest BCUT2D eigenvalue weighted by Gasteiger charge is -2.17. The predicted molar refractivity (Wildman–Crippen MR) is 103 cm³/mol. The Kier molecular flexibility index (Phi) is 12.9. The van der Waals surface area contributed by atoms with Crippen LogP contribution in [-0.4, -0.2) is 50.3 Å². The molecule has 4 nitrogen and oxygen atoms in total. The SMILES string of the molecule is CCN(CC)CCOCCOC(=O)CCCCCCc1ccccc1. The van der Waals surface area contributed by atoms with Gasteiger partial charge in [0.1, 0.15) is 6.61 Å². The standard InChI is InChI=1S/C21H35NO3/c1-3-22(4-2)16-17-24-18-19-25-21(23)15-11-6-5-8-12-20-13-9-7-10-14-20/h7,9-10,13-14H,3-6,8,11-12,15-19H2,1-2H3. The van der Waals surface area contributed by atoms with E-state index in [4.69, 9.17) is 9.47 Å². The van der Waals surface area contributed by atoms with E-state index in [1.54, 1.807) is 0 Å². The Morgan fingerprint density at radius 3 is 2.36 bits per heavy atom. The van der Waals surface area contributed by atoms with Gasteiger partial charge in [-0.25, -0.2) is 0 Å². The van der Waals surface area contributed by atoms with Crippen LogP contribution in [0.25, 0.3) is 0 Å². The van der Waals surface area contributed by atoms with E-state index in [0.717, 1.165) is 45.3 Å². The minimum Gasteiger partial charge on any atom is -0.463 e. The number of likely N-dealkylation sites (N-methyl/N-ethyl adjacent to an activating group) is 1. The van der Waals surface area contributed by atoms with E-state index < -0.39 is 0 Å². The third-order valence-electron chi connectivity index (χ3n) is 4.38. The van der Waals surface area contributed by atoms with Crippen LogP contribution >= 0.6 is 0 Å². The van der Waals surface area contributed by atoms with Crippen molar-refractivity contribution in [2.75, 3.05) is 39.5 Å². The highest BCUT2D eigenvalue weighted by Gasteiger charge is 2.03. The van der Waals surface area contributed by atoms with Gasteiger partial charge in [0.05, 0.1) is 13.2 Å². The van der Waals surface area contributed by atoms with E-state index in [1.165, 1.54) is 12.0 Å². The number of aryl methyl sites for hydroxylation is 1. The van der Waals surface area contributed by atoms with Crippen LogP contribution in [-0.2, 0) is 20.7 Å². The lowest BCUT2D eigenvalue weighted by Crippen LogP contribution is -2.27. The monoisotopic (exact) mass is 349 g/mol. The predicted octanol–water partition coefficient (Wildman–Crippen LogP) is 4.08. The molecule has 0 atom stereocenters. The molecule has 0 saturated carbocycles. The van der Waals surface area contributed by atoms with E-state index in [-0.39, 0.29) is 5.97 Å². The largest absolute Gasteiger partial charge is 0.463 e. The number of unbranched alkanes of at least 4 members (excludes halogenated alkanes) is 3. The van der Waals surface area contributed by atoms with E-state index in [2.05, 4.69) is 43.0 Å². The molecule has 0 spiro atoms. The highest BCUT2D eigenvalue weighted by Crippen LogP contribution is 2.09. The van der Waals surface area contributed by atoms with Crippen LogP contribution in [0, 0.1) is 0 Å². The molecule has 25 heavy (non-hydrogen) atoms. The average molecular weight is 350 g/mol. The molecular formula is C21H35NO3. The molecule has 1 rings (SSSR count). The number of carbonyl (C=O) groups excluding carboxylic acids is 1. The molecule has 0 fully saturated rings. The maximum Gasteiger partial charge on any atom is 0.305 e. The van der Waals surface area contributed by atoms with Crippen molar-refractivity contribution in [2.24, 2.45) is 0 Å². The first-order valence-electron chi connectivity index (χ1n) is 9.75. The fourth-order valence-electron chi connectivity index (χ4n) is 2.72. The summed E-state index contributed by atoms with van der Waals surface area (Å²) in [6.45, 7) is 8.86. The normalized spacial score (nSPS) is 11.0. The fourth-order valence-corrected chi connectivity index (χ4v) is 2.72. The van der Waals surface area contributed by atoms with Gasteiger partial charge in [-0.1, -0.05) is 57.0 Å². The summed E-state index contributed by atoms with van der Waals surface area (Å²) in [4.78, 5) is 14.0. The Labute approximate surface area is 153 Å². The molecule has 0 aliphatic carbocycles. The average Bonchev–Trinajstić information content (AvgIpc) is 2.65. The van der Waals surface area contributed by atoms with Gasteiger partial charge in [0.25, 0.3) is 0 Å². The Hall–Kier alpha value is -1.39. The number of carbonyl (C=O) groups is 1. The van der Waals surface area contributed by atoms with Crippen molar-refractivity contribution < 1.29 is 14.3 Å². The third kappa shape index (κ3) is 11.7. The fraction of sp³-hybridized carbons (Fsp3) is 0.667. The highest BCUT2D eigenvalue weighted by atomic mass is 16.6. The highest BCUT2D eigenvalue weighted by molar-refractivity contribution is 5.69. The third-order valence-corrected chi connectivity index (χ3v) is 4.38. The lowest BCUT2D eigenvalue weighted by atomic mass is 10.1. The first-order valence-corrected chi connectivity index (χ1v) is 9.75. The van der Waals surface area contributed by atoms with Gasteiger partial charge in [0.2, 0.25) is 0 Å². The van der Waals surface area contributed by atoms with Crippen LogP contribution in [0.3, 0.4) is 0 Å². The summed E-state index contributed by atoms with van der Waals surface area (Å²) >= 11 is 0. The van der Waals surface area contributed by atoms with Crippen molar-refractivity contribution in [3.8, 4) is 0 Å². The molecule has 0 amide bonds. The van der Waals surface area contributed by atoms with E-state index in [0.29, 0.717) is 26.2 Å². The molecule has 0 N–H and O–H groups in total. The number of hydrogen-bond acceptors (Lipinski definition) is 4. The summed E-state index contributed by atoms with van der Waals surface area (Å²) in [5.74, 6) is -0.101. The second-order valence-electron chi connectivity index (χ2n) is 6.26. The summed E-state index contributed by atoms with van der Waals surface area (Å²) < 4.78 is 10.7. The molecule has 0 aliphatic rings. The van der Waals surface area contributed by atoms with Crippen molar-refractivity contribution in [3.05, 3.63) is 35.9 Å². The number of benzene rings is 1. The summed E-state index contributed by atoms with van der Waals surface area (Å²) in [5.41, 5.74) is 1.39. The minimum absolute atomic E-state index is 0.101. The van der Waals surface area contributed by atoms with Crippen LogP contribution in [0.5, 0.6) is 0 Å². The zero-order valence-electron chi connectivity index (χ0n) is 16.0. The van der Waals surface area contributed by atoms with Gasteiger partial charge in [0.15, 0.2) is 0 Å². The molecular weight excluding hydrogens is 314 g/mol. The second kappa shape index (κ2) is 14.9. The lowest BCUT2D eigenvalue weighted by molar-refractivity contribution is -0.145. The molecule has 1 aromatic carbocycles. The Morgan fingerprint density at radius 1 is 0.920 bits per heavy atom. The maximum atomic E-state index is 11.6. The Balaban J connectivity index is 1.87. The maximum absolute atomic E-state index is 11.6. The van der Waals surface area contributed by atoms with Gasteiger partial charge in [0, 0.05) is 13.0 Å². The molecule has 0 bridgehead atoms. The van der Waals surface area contributed by atoms with Gasteiger partial charge in [-0.05, 0) is 37.9 Å². The molecule has 4 heteroatoms. The quantitative estimate of drug-likeness (QED) is 0.353. The number of esters is 1. The van der Waals surface area contributed by atoms with Crippen molar-refractivity contribution >= 4 is 5.97 Å². The van der Waals surface area contributed by atoms with Gasteiger partial charge in [-0.15, -0.1) is 0 Å². The molecule has 0 heterocycles.